The molecule has 0 aliphatic carbocycles. The molecule has 2 aromatic rings. The van der Waals surface area contributed by atoms with Gasteiger partial charge in [0.2, 0.25) is 5.91 Å². The SMILES string of the molecule is Cc1nc(-c2ccccn2)n(CCCC(=O)NC2CN(C)C2)c1C. The van der Waals surface area contributed by atoms with E-state index in [0.29, 0.717) is 12.5 Å². The fourth-order valence-corrected chi connectivity index (χ4v) is 3.11. The Hall–Kier alpha value is -2.21. The number of hydrogen-bond acceptors (Lipinski definition) is 4. The minimum absolute atomic E-state index is 0.141. The van der Waals surface area contributed by atoms with Crippen molar-refractivity contribution in [3.8, 4) is 11.5 Å². The van der Waals surface area contributed by atoms with Gasteiger partial charge in [-0.15, -0.1) is 0 Å². The molecular formula is C18H25N5O. The summed E-state index contributed by atoms with van der Waals surface area (Å²) in [5, 5.41) is 3.08. The number of aryl methyl sites for hydroxylation is 1. The van der Waals surface area contributed by atoms with Crippen LogP contribution >= 0.6 is 0 Å². The van der Waals surface area contributed by atoms with Crippen molar-refractivity contribution >= 4 is 5.91 Å². The van der Waals surface area contributed by atoms with E-state index in [1.165, 1.54) is 0 Å². The van der Waals surface area contributed by atoms with Gasteiger partial charge in [0.05, 0.1) is 11.7 Å². The molecule has 1 amide bonds. The van der Waals surface area contributed by atoms with Crippen LogP contribution in [0, 0.1) is 13.8 Å². The van der Waals surface area contributed by atoms with Crippen LogP contribution < -0.4 is 5.32 Å². The van der Waals surface area contributed by atoms with E-state index in [2.05, 4.69) is 38.7 Å². The molecule has 3 heterocycles. The highest BCUT2D eigenvalue weighted by Gasteiger charge is 2.24. The molecule has 6 heteroatoms. The molecule has 1 saturated heterocycles. The Kier molecular flexibility index (Phi) is 4.94. The standard InChI is InChI=1S/C18H25N5O/c1-13-14(2)23(18(20-13)16-7-4-5-9-19-16)10-6-8-17(24)21-15-11-22(3)12-15/h4-5,7,9,15H,6,8,10-12H2,1-3H3,(H,21,24). The Morgan fingerprint density at radius 3 is 2.79 bits per heavy atom. The third-order valence-corrected chi connectivity index (χ3v) is 4.57. The average Bonchev–Trinajstić information content (AvgIpc) is 2.83. The molecule has 1 aliphatic rings. The lowest BCUT2D eigenvalue weighted by atomic mass is 10.1. The first kappa shape index (κ1) is 16.6. The van der Waals surface area contributed by atoms with E-state index in [4.69, 9.17) is 0 Å². The summed E-state index contributed by atoms with van der Waals surface area (Å²) in [6, 6.07) is 6.16. The molecule has 128 valence electrons. The van der Waals surface area contributed by atoms with Gasteiger partial charge in [0.15, 0.2) is 5.82 Å². The molecule has 2 aromatic heterocycles. The summed E-state index contributed by atoms with van der Waals surface area (Å²) in [4.78, 5) is 23.3. The Labute approximate surface area is 142 Å². The molecule has 0 bridgehead atoms. The summed E-state index contributed by atoms with van der Waals surface area (Å²) < 4.78 is 2.17. The fraction of sp³-hybridized carbons (Fsp3) is 0.500. The highest BCUT2D eigenvalue weighted by Crippen LogP contribution is 2.20. The van der Waals surface area contributed by atoms with Crippen molar-refractivity contribution in [2.75, 3.05) is 20.1 Å². The number of carbonyl (C=O) groups excluding carboxylic acids is 1. The second kappa shape index (κ2) is 7.13. The van der Waals surface area contributed by atoms with Crippen molar-refractivity contribution < 1.29 is 4.79 Å². The zero-order valence-corrected chi connectivity index (χ0v) is 14.6. The first-order chi connectivity index (χ1) is 11.5. The smallest absolute Gasteiger partial charge is 0.220 e. The molecule has 24 heavy (non-hydrogen) atoms. The van der Waals surface area contributed by atoms with Crippen LogP contribution in [0.5, 0.6) is 0 Å². The summed E-state index contributed by atoms with van der Waals surface area (Å²) >= 11 is 0. The maximum absolute atomic E-state index is 12.0. The number of amides is 1. The normalized spacial score (nSPS) is 15.3. The van der Waals surface area contributed by atoms with Crippen molar-refractivity contribution in [2.24, 2.45) is 0 Å². The summed E-state index contributed by atoms with van der Waals surface area (Å²) in [5.74, 6) is 1.02. The summed E-state index contributed by atoms with van der Waals surface area (Å²) in [5.41, 5.74) is 3.02. The zero-order chi connectivity index (χ0) is 17.1. The van der Waals surface area contributed by atoms with Crippen LogP contribution in [-0.2, 0) is 11.3 Å². The van der Waals surface area contributed by atoms with E-state index >= 15 is 0 Å². The van der Waals surface area contributed by atoms with Gasteiger partial charge in [-0.05, 0) is 39.4 Å². The van der Waals surface area contributed by atoms with E-state index < -0.39 is 0 Å². The monoisotopic (exact) mass is 327 g/mol. The fourth-order valence-electron chi connectivity index (χ4n) is 3.11. The van der Waals surface area contributed by atoms with Crippen molar-refractivity contribution in [1.29, 1.82) is 0 Å². The highest BCUT2D eigenvalue weighted by atomic mass is 16.1. The molecular weight excluding hydrogens is 302 g/mol. The minimum Gasteiger partial charge on any atom is -0.351 e. The Morgan fingerprint density at radius 2 is 2.12 bits per heavy atom. The summed E-state index contributed by atoms with van der Waals surface area (Å²) in [6.45, 7) is 6.76. The maximum atomic E-state index is 12.0. The van der Waals surface area contributed by atoms with Gasteiger partial charge < -0.3 is 14.8 Å². The first-order valence-electron chi connectivity index (χ1n) is 8.47. The number of imidazole rings is 1. The van der Waals surface area contributed by atoms with E-state index in [9.17, 15) is 4.79 Å². The van der Waals surface area contributed by atoms with Gasteiger partial charge in [-0.25, -0.2) is 4.98 Å². The zero-order valence-electron chi connectivity index (χ0n) is 14.6. The molecule has 0 unspecified atom stereocenters. The van der Waals surface area contributed by atoms with Crippen molar-refractivity contribution in [3.05, 3.63) is 35.8 Å². The van der Waals surface area contributed by atoms with Gasteiger partial charge in [0.25, 0.3) is 0 Å². The van der Waals surface area contributed by atoms with Crippen LogP contribution in [0.2, 0.25) is 0 Å². The number of pyridine rings is 1. The average molecular weight is 327 g/mol. The molecule has 0 atom stereocenters. The van der Waals surface area contributed by atoms with Crippen molar-refractivity contribution in [2.45, 2.75) is 39.3 Å². The third-order valence-electron chi connectivity index (χ3n) is 4.57. The van der Waals surface area contributed by atoms with E-state index in [0.717, 1.165) is 49.0 Å². The predicted molar refractivity (Wildman–Crippen MR) is 93.6 cm³/mol. The van der Waals surface area contributed by atoms with Crippen molar-refractivity contribution in [1.82, 2.24) is 24.8 Å². The van der Waals surface area contributed by atoms with Crippen molar-refractivity contribution in [3.63, 3.8) is 0 Å². The maximum Gasteiger partial charge on any atom is 0.220 e. The molecule has 1 aliphatic heterocycles. The summed E-state index contributed by atoms with van der Waals surface area (Å²) in [7, 11) is 2.06. The lowest BCUT2D eigenvalue weighted by Crippen LogP contribution is -2.57. The highest BCUT2D eigenvalue weighted by molar-refractivity contribution is 5.76. The van der Waals surface area contributed by atoms with Crippen LogP contribution in [0.4, 0.5) is 0 Å². The molecule has 0 saturated carbocycles. The quantitative estimate of drug-likeness (QED) is 0.878. The minimum atomic E-state index is 0.141. The number of nitrogens with one attached hydrogen (secondary N) is 1. The lowest BCUT2D eigenvalue weighted by molar-refractivity contribution is -0.122. The first-order valence-corrected chi connectivity index (χ1v) is 8.47. The molecule has 6 nitrogen and oxygen atoms in total. The van der Waals surface area contributed by atoms with Gasteiger partial charge >= 0.3 is 0 Å². The van der Waals surface area contributed by atoms with Gasteiger partial charge in [-0.2, -0.15) is 0 Å². The van der Waals surface area contributed by atoms with Crippen LogP contribution in [0.3, 0.4) is 0 Å². The van der Waals surface area contributed by atoms with Crippen LogP contribution in [0.1, 0.15) is 24.2 Å². The van der Waals surface area contributed by atoms with Crippen LogP contribution in [0.15, 0.2) is 24.4 Å². The molecule has 3 rings (SSSR count). The largest absolute Gasteiger partial charge is 0.351 e. The molecule has 0 radical (unpaired) electrons. The molecule has 1 N–H and O–H groups in total. The predicted octanol–water partition coefficient (Wildman–Crippen LogP) is 1.77. The Balaban J connectivity index is 1.60. The van der Waals surface area contributed by atoms with Gasteiger partial charge in [-0.1, -0.05) is 6.07 Å². The van der Waals surface area contributed by atoms with Gasteiger partial charge in [0.1, 0.15) is 5.69 Å². The topological polar surface area (TPSA) is 63.1 Å². The second-order valence-corrected chi connectivity index (χ2v) is 6.56. The van der Waals surface area contributed by atoms with Gasteiger partial charge in [-0.3, -0.25) is 9.78 Å². The molecule has 0 aromatic carbocycles. The number of nitrogens with zero attached hydrogens (tertiary/aromatic N) is 4. The number of aromatic nitrogens is 3. The third kappa shape index (κ3) is 3.64. The van der Waals surface area contributed by atoms with E-state index in [-0.39, 0.29) is 5.91 Å². The lowest BCUT2D eigenvalue weighted by Gasteiger charge is -2.36. The van der Waals surface area contributed by atoms with Crippen LogP contribution in [0.25, 0.3) is 11.5 Å². The molecule has 1 fully saturated rings. The molecule has 0 spiro atoms. The number of rotatable bonds is 6. The number of hydrogen-bond donors (Lipinski definition) is 1. The van der Waals surface area contributed by atoms with E-state index in [1.54, 1.807) is 6.20 Å². The van der Waals surface area contributed by atoms with Crippen LogP contribution in [-0.4, -0.2) is 51.5 Å². The Bertz CT molecular complexity index is 704. The summed E-state index contributed by atoms with van der Waals surface area (Å²) in [6.07, 6.45) is 3.12. The number of likely N-dealkylation sites (tertiary alicyclic amines) is 1. The number of likely N-dealkylation sites (N-methyl/N-ethyl adjacent to an activating group) is 1. The second-order valence-electron chi connectivity index (χ2n) is 6.56. The number of carbonyl (C=O) groups is 1. The van der Waals surface area contributed by atoms with E-state index in [1.807, 2.05) is 25.1 Å². The Morgan fingerprint density at radius 1 is 1.33 bits per heavy atom. The van der Waals surface area contributed by atoms with Gasteiger partial charge in [0, 0.05) is 37.9 Å².